The lowest BCUT2D eigenvalue weighted by Gasteiger charge is -2.15. The second-order valence-electron chi connectivity index (χ2n) is 5.64. The highest BCUT2D eigenvalue weighted by atomic mass is 16.5. The Kier molecular flexibility index (Phi) is 5.18. The molecule has 1 unspecified atom stereocenters. The maximum absolute atomic E-state index is 5.46. The number of hydrogen-bond donors (Lipinski definition) is 1. The lowest BCUT2D eigenvalue weighted by atomic mass is 10.1. The van der Waals surface area contributed by atoms with Crippen LogP contribution in [0.15, 0.2) is 67.1 Å². The summed E-state index contributed by atoms with van der Waals surface area (Å²) in [4.78, 5) is 8.52. The zero-order valence-corrected chi connectivity index (χ0v) is 13.9. The molecule has 1 heterocycles. The van der Waals surface area contributed by atoms with Crippen LogP contribution in [0.25, 0.3) is 11.3 Å². The van der Waals surface area contributed by atoms with Crippen molar-refractivity contribution in [3.63, 3.8) is 0 Å². The molecular weight excluding hydrogens is 298 g/mol. The lowest BCUT2D eigenvalue weighted by molar-refractivity contribution is 0.416. The lowest BCUT2D eigenvalue weighted by Crippen LogP contribution is -2.18. The van der Waals surface area contributed by atoms with Gasteiger partial charge in [0.05, 0.1) is 19.0 Å². The first-order valence-electron chi connectivity index (χ1n) is 7.99. The molecule has 2 aromatic carbocycles. The molecule has 122 valence electrons. The van der Waals surface area contributed by atoms with E-state index in [1.54, 1.807) is 25.7 Å². The highest BCUT2D eigenvalue weighted by molar-refractivity contribution is 5.67. The molecule has 0 radical (unpaired) electrons. The summed E-state index contributed by atoms with van der Waals surface area (Å²) in [5.41, 5.74) is 4.23. The van der Waals surface area contributed by atoms with E-state index in [-0.39, 0.29) is 6.04 Å². The Morgan fingerprint density at radius 1 is 1.08 bits per heavy atom. The predicted octanol–water partition coefficient (Wildman–Crippen LogP) is 4.00. The molecule has 0 spiro atoms. The number of nitrogens with one attached hydrogen (secondary N) is 1. The van der Waals surface area contributed by atoms with Crippen molar-refractivity contribution >= 4 is 0 Å². The molecule has 4 heteroatoms. The average molecular weight is 319 g/mol. The summed E-state index contributed by atoms with van der Waals surface area (Å²) in [6.45, 7) is 2.94. The fourth-order valence-corrected chi connectivity index (χ4v) is 2.63. The van der Waals surface area contributed by atoms with Crippen molar-refractivity contribution < 1.29 is 4.74 Å². The van der Waals surface area contributed by atoms with Crippen molar-refractivity contribution in [2.24, 2.45) is 0 Å². The molecular formula is C20H21N3O. The second kappa shape index (κ2) is 7.70. The van der Waals surface area contributed by atoms with Gasteiger partial charge in [0.2, 0.25) is 0 Å². The highest BCUT2D eigenvalue weighted by Gasteiger charge is 2.10. The van der Waals surface area contributed by atoms with E-state index in [4.69, 9.17) is 4.74 Å². The molecule has 0 aliphatic rings. The zero-order valence-electron chi connectivity index (χ0n) is 13.9. The van der Waals surface area contributed by atoms with Crippen molar-refractivity contribution in [3.8, 4) is 17.0 Å². The first-order chi connectivity index (χ1) is 11.8. The number of ether oxygens (including phenoxy) is 1. The van der Waals surface area contributed by atoms with E-state index < -0.39 is 0 Å². The van der Waals surface area contributed by atoms with Crippen LogP contribution in [0.5, 0.6) is 5.75 Å². The van der Waals surface area contributed by atoms with Crippen LogP contribution in [-0.2, 0) is 6.54 Å². The topological polar surface area (TPSA) is 47.0 Å². The van der Waals surface area contributed by atoms with Crippen LogP contribution in [0.3, 0.4) is 0 Å². The molecule has 1 aromatic heterocycles. The van der Waals surface area contributed by atoms with Gasteiger partial charge in [-0.2, -0.15) is 0 Å². The van der Waals surface area contributed by atoms with Crippen molar-refractivity contribution in [1.82, 2.24) is 15.3 Å². The molecule has 3 rings (SSSR count). The van der Waals surface area contributed by atoms with Crippen LogP contribution in [-0.4, -0.2) is 17.1 Å². The van der Waals surface area contributed by atoms with Gasteiger partial charge in [0.15, 0.2) is 0 Å². The standard InChI is InChI=1S/C20H21N3O/c1-15(17-6-4-3-5-7-17)23-13-16-8-9-20(24-2)18(12-16)19-14-21-10-11-22-19/h3-12,14-15,23H,13H2,1-2H3. The number of nitrogens with zero attached hydrogens (tertiary/aromatic N) is 2. The van der Waals surface area contributed by atoms with E-state index >= 15 is 0 Å². The fraction of sp³-hybridized carbons (Fsp3) is 0.200. The largest absolute Gasteiger partial charge is 0.496 e. The molecule has 1 N–H and O–H groups in total. The van der Waals surface area contributed by atoms with Crippen LogP contribution in [0.4, 0.5) is 0 Å². The van der Waals surface area contributed by atoms with Crippen molar-refractivity contribution in [3.05, 3.63) is 78.2 Å². The fourth-order valence-electron chi connectivity index (χ4n) is 2.63. The van der Waals surface area contributed by atoms with Crippen LogP contribution >= 0.6 is 0 Å². The minimum absolute atomic E-state index is 0.285. The molecule has 0 saturated carbocycles. The smallest absolute Gasteiger partial charge is 0.128 e. The number of rotatable bonds is 6. The SMILES string of the molecule is COc1ccc(CNC(C)c2ccccc2)cc1-c1cnccn1. The van der Waals surface area contributed by atoms with E-state index in [1.165, 1.54) is 11.1 Å². The van der Waals surface area contributed by atoms with Crippen LogP contribution < -0.4 is 10.1 Å². The van der Waals surface area contributed by atoms with Gasteiger partial charge in [0.25, 0.3) is 0 Å². The summed E-state index contributed by atoms with van der Waals surface area (Å²) in [5, 5.41) is 3.55. The minimum atomic E-state index is 0.285. The normalized spacial score (nSPS) is 11.9. The molecule has 0 fully saturated rings. The van der Waals surface area contributed by atoms with Crippen molar-refractivity contribution in [2.75, 3.05) is 7.11 Å². The van der Waals surface area contributed by atoms with Gasteiger partial charge in [0.1, 0.15) is 5.75 Å². The molecule has 0 aliphatic heterocycles. The van der Waals surface area contributed by atoms with Gasteiger partial charge >= 0.3 is 0 Å². The third kappa shape index (κ3) is 3.78. The molecule has 0 bridgehead atoms. The average Bonchev–Trinajstić information content (AvgIpc) is 2.67. The summed E-state index contributed by atoms with van der Waals surface area (Å²) in [7, 11) is 1.67. The quantitative estimate of drug-likeness (QED) is 0.746. The van der Waals surface area contributed by atoms with E-state index in [0.717, 1.165) is 23.6 Å². The van der Waals surface area contributed by atoms with E-state index in [0.29, 0.717) is 0 Å². The Hall–Kier alpha value is -2.72. The Morgan fingerprint density at radius 3 is 2.62 bits per heavy atom. The van der Waals surface area contributed by atoms with Crippen LogP contribution in [0.1, 0.15) is 24.1 Å². The highest BCUT2D eigenvalue weighted by Crippen LogP contribution is 2.29. The third-order valence-electron chi connectivity index (χ3n) is 4.01. The molecule has 3 aromatic rings. The Labute approximate surface area is 142 Å². The number of methoxy groups -OCH3 is 1. The zero-order chi connectivity index (χ0) is 16.8. The Morgan fingerprint density at radius 2 is 1.92 bits per heavy atom. The third-order valence-corrected chi connectivity index (χ3v) is 4.01. The number of benzene rings is 2. The van der Waals surface area contributed by atoms with Gasteiger partial charge in [-0.3, -0.25) is 9.97 Å². The second-order valence-corrected chi connectivity index (χ2v) is 5.64. The Bertz CT molecular complexity index is 775. The minimum Gasteiger partial charge on any atom is -0.496 e. The van der Waals surface area contributed by atoms with Gasteiger partial charge < -0.3 is 10.1 Å². The van der Waals surface area contributed by atoms with E-state index in [1.807, 2.05) is 12.1 Å². The first-order valence-corrected chi connectivity index (χ1v) is 7.99. The van der Waals surface area contributed by atoms with Crippen LogP contribution in [0, 0.1) is 0 Å². The van der Waals surface area contributed by atoms with Crippen LogP contribution in [0.2, 0.25) is 0 Å². The van der Waals surface area contributed by atoms with Crippen molar-refractivity contribution in [2.45, 2.75) is 19.5 Å². The van der Waals surface area contributed by atoms with Gasteiger partial charge in [0, 0.05) is 30.5 Å². The number of aromatic nitrogens is 2. The van der Waals surface area contributed by atoms with Gasteiger partial charge in [-0.05, 0) is 30.2 Å². The maximum Gasteiger partial charge on any atom is 0.128 e. The molecule has 24 heavy (non-hydrogen) atoms. The summed E-state index contributed by atoms with van der Waals surface area (Å²) < 4.78 is 5.46. The summed E-state index contributed by atoms with van der Waals surface area (Å²) in [5.74, 6) is 0.801. The van der Waals surface area contributed by atoms with E-state index in [2.05, 4.69) is 58.6 Å². The first kappa shape index (κ1) is 16.1. The molecule has 4 nitrogen and oxygen atoms in total. The van der Waals surface area contributed by atoms with E-state index in [9.17, 15) is 0 Å². The van der Waals surface area contributed by atoms with Crippen molar-refractivity contribution in [1.29, 1.82) is 0 Å². The predicted molar refractivity (Wildman–Crippen MR) is 95.7 cm³/mol. The monoisotopic (exact) mass is 319 g/mol. The van der Waals surface area contributed by atoms with Gasteiger partial charge in [-0.1, -0.05) is 36.4 Å². The maximum atomic E-state index is 5.46. The van der Waals surface area contributed by atoms with Gasteiger partial charge in [-0.15, -0.1) is 0 Å². The number of hydrogen-bond acceptors (Lipinski definition) is 4. The summed E-state index contributed by atoms with van der Waals surface area (Å²) >= 11 is 0. The Balaban J connectivity index is 1.77. The summed E-state index contributed by atoms with van der Waals surface area (Å²) in [6, 6.07) is 16.9. The molecule has 0 amide bonds. The van der Waals surface area contributed by atoms with Gasteiger partial charge in [-0.25, -0.2) is 0 Å². The molecule has 0 aliphatic carbocycles. The molecule has 0 saturated heterocycles. The summed E-state index contributed by atoms with van der Waals surface area (Å²) in [6.07, 6.45) is 5.11. The molecule has 1 atom stereocenters.